The van der Waals surface area contributed by atoms with Gasteiger partial charge in [0.1, 0.15) is 0 Å². The van der Waals surface area contributed by atoms with Crippen molar-refractivity contribution in [2.24, 2.45) is 5.73 Å². The summed E-state index contributed by atoms with van der Waals surface area (Å²) in [5, 5.41) is 2.63. The zero-order valence-corrected chi connectivity index (χ0v) is 14.8. The third-order valence-corrected chi connectivity index (χ3v) is 3.96. The maximum Gasteiger partial charge on any atom is 0.307 e. The van der Waals surface area contributed by atoms with Crippen LogP contribution in [0.15, 0.2) is 54.6 Å². The third-order valence-electron chi connectivity index (χ3n) is 3.96. The molecule has 26 heavy (non-hydrogen) atoms. The molecule has 0 aromatic heterocycles. The summed E-state index contributed by atoms with van der Waals surface area (Å²) in [5.74, 6) is -1.43. The van der Waals surface area contributed by atoms with Crippen LogP contribution in [-0.2, 0) is 14.3 Å². The van der Waals surface area contributed by atoms with E-state index >= 15 is 0 Å². The van der Waals surface area contributed by atoms with Gasteiger partial charge in [-0.3, -0.25) is 14.4 Å². The Morgan fingerprint density at radius 3 is 2.19 bits per heavy atom. The van der Waals surface area contributed by atoms with E-state index in [1.54, 1.807) is 12.1 Å². The third kappa shape index (κ3) is 5.44. The summed E-state index contributed by atoms with van der Waals surface area (Å²) < 4.78 is 5.21. The predicted molar refractivity (Wildman–Crippen MR) is 98.6 cm³/mol. The lowest BCUT2D eigenvalue weighted by atomic mass is 9.98. The van der Waals surface area contributed by atoms with Crippen molar-refractivity contribution in [1.82, 2.24) is 0 Å². The van der Waals surface area contributed by atoms with Crippen molar-refractivity contribution in [2.75, 3.05) is 5.32 Å². The van der Waals surface area contributed by atoms with Gasteiger partial charge in [0.2, 0.25) is 5.91 Å². The van der Waals surface area contributed by atoms with Gasteiger partial charge in [-0.2, -0.15) is 0 Å². The first-order chi connectivity index (χ1) is 12.4. The van der Waals surface area contributed by atoms with E-state index in [4.69, 9.17) is 10.5 Å². The fraction of sp³-hybridized carbons (Fsp3) is 0.250. The minimum atomic E-state index is -0.929. The molecule has 3 N–H and O–H groups in total. The predicted octanol–water partition coefficient (Wildman–Crippen LogP) is 2.85. The summed E-state index contributed by atoms with van der Waals surface area (Å²) in [6.07, 6.45) is -0.740. The Bertz CT molecular complexity index is 772. The van der Waals surface area contributed by atoms with E-state index in [0.717, 1.165) is 5.56 Å². The molecule has 2 atom stereocenters. The molecule has 2 aromatic rings. The Labute approximate surface area is 152 Å². The number of hydrogen-bond acceptors (Lipinski definition) is 4. The molecule has 0 fully saturated rings. The van der Waals surface area contributed by atoms with E-state index in [1.807, 2.05) is 37.3 Å². The first-order valence-corrected chi connectivity index (χ1v) is 8.32. The molecule has 0 aliphatic rings. The van der Waals surface area contributed by atoms with Crippen LogP contribution >= 0.6 is 0 Å². The highest BCUT2D eigenvalue weighted by molar-refractivity contribution is 5.96. The molecule has 0 aliphatic heterocycles. The van der Waals surface area contributed by atoms with E-state index < -0.39 is 23.9 Å². The summed E-state index contributed by atoms with van der Waals surface area (Å²) in [6.45, 7) is 3.44. The largest absolute Gasteiger partial charge is 0.453 e. The van der Waals surface area contributed by atoms with Gasteiger partial charge in [-0.1, -0.05) is 37.3 Å². The minimum Gasteiger partial charge on any atom is -0.453 e. The average molecular weight is 354 g/mol. The molecule has 0 heterocycles. The number of anilines is 1. The number of ether oxygens (including phenoxy) is 1. The average Bonchev–Trinajstić information content (AvgIpc) is 2.62. The summed E-state index contributed by atoms with van der Waals surface area (Å²) in [5.41, 5.74) is 7.04. The number of amides is 2. The second-order valence-electron chi connectivity index (χ2n) is 6.08. The Morgan fingerprint density at radius 1 is 1.00 bits per heavy atom. The van der Waals surface area contributed by atoms with Crippen LogP contribution in [0.4, 0.5) is 5.69 Å². The molecule has 0 saturated heterocycles. The molecular weight excluding hydrogens is 332 g/mol. The molecule has 2 rings (SSSR count). The zero-order chi connectivity index (χ0) is 19.1. The van der Waals surface area contributed by atoms with Crippen LogP contribution in [0.25, 0.3) is 0 Å². The lowest BCUT2D eigenvalue weighted by molar-refractivity contribution is -0.153. The van der Waals surface area contributed by atoms with E-state index in [2.05, 4.69) is 5.32 Å². The van der Waals surface area contributed by atoms with Crippen molar-refractivity contribution in [2.45, 2.75) is 32.3 Å². The molecule has 2 amide bonds. The highest BCUT2D eigenvalue weighted by Gasteiger charge is 2.20. The molecule has 0 bridgehead atoms. The van der Waals surface area contributed by atoms with Gasteiger partial charge in [0, 0.05) is 11.3 Å². The Morgan fingerprint density at radius 2 is 1.62 bits per heavy atom. The van der Waals surface area contributed by atoms with Crippen molar-refractivity contribution in [3.63, 3.8) is 0 Å². The number of hydrogen-bond donors (Lipinski definition) is 2. The molecule has 0 spiro atoms. The molecule has 136 valence electrons. The van der Waals surface area contributed by atoms with E-state index in [9.17, 15) is 14.4 Å². The van der Waals surface area contributed by atoms with Crippen molar-refractivity contribution >= 4 is 23.5 Å². The summed E-state index contributed by atoms with van der Waals surface area (Å²) in [4.78, 5) is 35.2. The number of nitrogens with one attached hydrogen (secondary N) is 1. The monoisotopic (exact) mass is 354 g/mol. The molecule has 2 aromatic carbocycles. The van der Waals surface area contributed by atoms with Gasteiger partial charge in [-0.15, -0.1) is 0 Å². The molecular formula is C20H22N2O4. The van der Waals surface area contributed by atoms with Crippen LogP contribution < -0.4 is 11.1 Å². The van der Waals surface area contributed by atoms with Gasteiger partial charge >= 0.3 is 5.97 Å². The normalized spacial score (nSPS) is 12.7. The molecule has 0 aliphatic carbocycles. The smallest absolute Gasteiger partial charge is 0.307 e. The number of carbonyl (C=O) groups is 3. The summed E-state index contributed by atoms with van der Waals surface area (Å²) >= 11 is 0. The van der Waals surface area contributed by atoms with Crippen LogP contribution in [-0.4, -0.2) is 23.9 Å². The molecule has 6 heteroatoms. The summed E-state index contributed by atoms with van der Waals surface area (Å²) in [6, 6.07) is 15.8. The highest BCUT2D eigenvalue weighted by atomic mass is 16.5. The summed E-state index contributed by atoms with van der Waals surface area (Å²) in [7, 11) is 0. The van der Waals surface area contributed by atoms with E-state index in [0.29, 0.717) is 11.3 Å². The van der Waals surface area contributed by atoms with E-state index in [-0.39, 0.29) is 12.3 Å². The van der Waals surface area contributed by atoms with Gasteiger partial charge in [0.25, 0.3) is 5.91 Å². The Balaban J connectivity index is 1.85. The fourth-order valence-electron chi connectivity index (χ4n) is 2.41. The van der Waals surface area contributed by atoms with Crippen LogP contribution in [0.1, 0.15) is 42.1 Å². The van der Waals surface area contributed by atoms with Crippen LogP contribution in [0.5, 0.6) is 0 Å². The van der Waals surface area contributed by atoms with E-state index in [1.165, 1.54) is 19.1 Å². The first-order valence-electron chi connectivity index (χ1n) is 8.32. The van der Waals surface area contributed by atoms with Crippen molar-refractivity contribution < 1.29 is 19.1 Å². The van der Waals surface area contributed by atoms with Crippen molar-refractivity contribution in [3.8, 4) is 0 Å². The second kappa shape index (κ2) is 8.80. The lowest BCUT2D eigenvalue weighted by Gasteiger charge is -2.16. The first kappa shape index (κ1) is 19.2. The Kier molecular flexibility index (Phi) is 6.49. The van der Waals surface area contributed by atoms with Gasteiger partial charge in [-0.25, -0.2) is 0 Å². The number of nitrogens with two attached hydrogens (primary N) is 1. The van der Waals surface area contributed by atoms with Gasteiger partial charge < -0.3 is 15.8 Å². The molecule has 0 radical (unpaired) electrons. The van der Waals surface area contributed by atoms with Gasteiger partial charge in [0.15, 0.2) is 6.10 Å². The lowest BCUT2D eigenvalue weighted by Crippen LogP contribution is -2.30. The second-order valence-corrected chi connectivity index (χ2v) is 6.08. The topological polar surface area (TPSA) is 98.5 Å². The number of benzene rings is 2. The maximum absolute atomic E-state index is 12.1. The zero-order valence-electron chi connectivity index (χ0n) is 14.8. The Hall–Kier alpha value is -3.15. The molecule has 0 saturated carbocycles. The number of rotatable bonds is 7. The molecule has 6 nitrogen and oxygen atoms in total. The van der Waals surface area contributed by atoms with Crippen LogP contribution in [0, 0.1) is 0 Å². The number of esters is 1. The van der Waals surface area contributed by atoms with Crippen molar-refractivity contribution in [3.05, 3.63) is 65.7 Å². The SMILES string of the molecule is C[C@H](CC(=O)O[C@H](C)C(=O)Nc1ccc(C(N)=O)cc1)c1ccccc1. The minimum absolute atomic E-state index is 0.000283. The van der Waals surface area contributed by atoms with Gasteiger partial charge in [0.05, 0.1) is 6.42 Å². The van der Waals surface area contributed by atoms with Crippen LogP contribution in [0.2, 0.25) is 0 Å². The molecule has 0 unspecified atom stereocenters. The number of primary amides is 1. The van der Waals surface area contributed by atoms with Gasteiger partial charge in [-0.05, 0) is 42.7 Å². The standard InChI is InChI=1S/C20H22N2O4/c1-13(15-6-4-3-5-7-15)12-18(23)26-14(2)20(25)22-17-10-8-16(9-11-17)19(21)24/h3-11,13-14H,12H2,1-2H3,(H2,21,24)(H,22,25)/t13-,14-/m1/s1. The van der Waals surface area contributed by atoms with Crippen LogP contribution in [0.3, 0.4) is 0 Å². The highest BCUT2D eigenvalue weighted by Crippen LogP contribution is 2.19. The number of carbonyl (C=O) groups excluding carboxylic acids is 3. The van der Waals surface area contributed by atoms with Crippen molar-refractivity contribution in [1.29, 1.82) is 0 Å². The quantitative estimate of drug-likeness (QED) is 0.747. The maximum atomic E-state index is 12.1. The fourth-order valence-corrected chi connectivity index (χ4v) is 2.41.